The number of carbonyl (C=O) groups is 2. The minimum absolute atomic E-state index is 0.0781. The molecular weight excluding hydrogens is 297 g/mol. The molecule has 1 heterocycles. The van der Waals surface area contributed by atoms with E-state index in [9.17, 15) is 27.9 Å². The van der Waals surface area contributed by atoms with Gasteiger partial charge in [0.25, 0.3) is 0 Å². The van der Waals surface area contributed by atoms with Crippen LogP contribution in [-0.4, -0.2) is 68.2 Å². The van der Waals surface area contributed by atoms with E-state index < -0.39 is 36.3 Å². The number of rotatable bonds is 6. The SMILES string of the molecule is COCC1OC(C(=O)NCCNC(=O)C(F)(F)F)CC1O. The van der Waals surface area contributed by atoms with Crippen LogP contribution < -0.4 is 10.6 Å². The number of hydrogen-bond donors (Lipinski definition) is 3. The maximum Gasteiger partial charge on any atom is 0.471 e. The summed E-state index contributed by atoms with van der Waals surface area (Å²) in [6.45, 7) is -0.404. The van der Waals surface area contributed by atoms with Crippen molar-refractivity contribution in [3.8, 4) is 0 Å². The molecule has 1 saturated heterocycles. The number of hydrogen-bond acceptors (Lipinski definition) is 5. The third kappa shape index (κ3) is 5.48. The average molecular weight is 314 g/mol. The number of aliphatic hydroxyl groups is 1. The summed E-state index contributed by atoms with van der Waals surface area (Å²) in [5.41, 5.74) is 0. The second-order valence-corrected chi connectivity index (χ2v) is 4.47. The minimum Gasteiger partial charge on any atom is -0.390 e. The molecular formula is C11H17F3N2O5. The van der Waals surface area contributed by atoms with Crippen LogP contribution in [-0.2, 0) is 19.1 Å². The second kappa shape index (κ2) is 7.57. The number of nitrogens with one attached hydrogen (secondary N) is 2. The topological polar surface area (TPSA) is 96.9 Å². The number of carbonyl (C=O) groups excluding carboxylic acids is 2. The molecule has 0 spiro atoms. The Bertz CT molecular complexity index is 377. The van der Waals surface area contributed by atoms with Gasteiger partial charge in [-0.2, -0.15) is 13.2 Å². The van der Waals surface area contributed by atoms with Crippen molar-refractivity contribution >= 4 is 11.8 Å². The summed E-state index contributed by atoms with van der Waals surface area (Å²) >= 11 is 0. The van der Waals surface area contributed by atoms with Crippen molar-refractivity contribution < 1.29 is 37.3 Å². The van der Waals surface area contributed by atoms with Gasteiger partial charge in [0.05, 0.1) is 12.7 Å². The van der Waals surface area contributed by atoms with Gasteiger partial charge in [-0.3, -0.25) is 9.59 Å². The Kier molecular flexibility index (Phi) is 6.37. The molecule has 2 amide bonds. The van der Waals surface area contributed by atoms with Gasteiger partial charge in [0.2, 0.25) is 5.91 Å². The van der Waals surface area contributed by atoms with Crippen LogP contribution >= 0.6 is 0 Å². The smallest absolute Gasteiger partial charge is 0.390 e. The first-order valence-electron chi connectivity index (χ1n) is 6.21. The zero-order valence-electron chi connectivity index (χ0n) is 11.3. The van der Waals surface area contributed by atoms with E-state index in [1.807, 2.05) is 0 Å². The summed E-state index contributed by atoms with van der Waals surface area (Å²) < 4.78 is 45.7. The fourth-order valence-electron chi connectivity index (χ4n) is 1.79. The van der Waals surface area contributed by atoms with Crippen molar-refractivity contribution in [2.24, 2.45) is 0 Å². The van der Waals surface area contributed by atoms with Crippen LogP contribution in [0.1, 0.15) is 6.42 Å². The maximum atomic E-state index is 11.9. The number of halogens is 3. The Hall–Kier alpha value is -1.39. The van der Waals surface area contributed by atoms with Crippen LogP contribution in [0.3, 0.4) is 0 Å². The van der Waals surface area contributed by atoms with E-state index >= 15 is 0 Å². The molecule has 1 aliphatic heterocycles. The summed E-state index contributed by atoms with van der Waals surface area (Å²) in [6, 6.07) is 0. The van der Waals surface area contributed by atoms with Crippen LogP contribution in [0.4, 0.5) is 13.2 Å². The Balaban J connectivity index is 2.25. The van der Waals surface area contributed by atoms with Gasteiger partial charge in [-0.1, -0.05) is 0 Å². The molecule has 1 aliphatic rings. The van der Waals surface area contributed by atoms with Crippen molar-refractivity contribution in [3.63, 3.8) is 0 Å². The quantitative estimate of drug-likeness (QED) is 0.543. The lowest BCUT2D eigenvalue weighted by molar-refractivity contribution is -0.173. The molecule has 21 heavy (non-hydrogen) atoms. The summed E-state index contributed by atoms with van der Waals surface area (Å²) in [5, 5.41) is 13.5. The van der Waals surface area contributed by atoms with Crippen molar-refractivity contribution in [1.29, 1.82) is 0 Å². The largest absolute Gasteiger partial charge is 0.471 e. The van der Waals surface area contributed by atoms with Crippen molar-refractivity contribution in [3.05, 3.63) is 0 Å². The van der Waals surface area contributed by atoms with Crippen LogP contribution in [0.25, 0.3) is 0 Å². The molecule has 0 radical (unpaired) electrons. The molecule has 1 fully saturated rings. The summed E-state index contributed by atoms with van der Waals surface area (Å²) in [4.78, 5) is 22.2. The highest BCUT2D eigenvalue weighted by Crippen LogP contribution is 2.20. The van der Waals surface area contributed by atoms with Crippen molar-refractivity contribution in [1.82, 2.24) is 10.6 Å². The fraction of sp³-hybridized carbons (Fsp3) is 0.818. The van der Waals surface area contributed by atoms with Crippen LogP contribution in [0.15, 0.2) is 0 Å². The zero-order valence-corrected chi connectivity index (χ0v) is 11.3. The van der Waals surface area contributed by atoms with E-state index in [4.69, 9.17) is 9.47 Å². The lowest BCUT2D eigenvalue weighted by Gasteiger charge is -2.14. The predicted molar refractivity (Wildman–Crippen MR) is 63.2 cm³/mol. The second-order valence-electron chi connectivity index (χ2n) is 4.47. The molecule has 0 aromatic rings. The van der Waals surface area contributed by atoms with Crippen LogP contribution in [0.2, 0.25) is 0 Å². The van der Waals surface area contributed by atoms with Gasteiger partial charge < -0.3 is 25.2 Å². The Morgan fingerprint density at radius 1 is 1.33 bits per heavy atom. The molecule has 122 valence electrons. The highest BCUT2D eigenvalue weighted by Gasteiger charge is 2.39. The van der Waals surface area contributed by atoms with Crippen LogP contribution in [0, 0.1) is 0 Å². The van der Waals surface area contributed by atoms with E-state index in [1.54, 1.807) is 5.32 Å². The first-order valence-corrected chi connectivity index (χ1v) is 6.21. The third-order valence-corrected chi connectivity index (χ3v) is 2.81. The van der Waals surface area contributed by atoms with E-state index in [-0.39, 0.29) is 26.1 Å². The van der Waals surface area contributed by atoms with Crippen molar-refractivity contribution in [2.75, 3.05) is 26.8 Å². The van der Waals surface area contributed by atoms with Crippen LogP contribution in [0.5, 0.6) is 0 Å². The average Bonchev–Trinajstić information content (AvgIpc) is 2.75. The molecule has 0 aliphatic carbocycles. The molecule has 3 unspecified atom stereocenters. The molecule has 0 bridgehead atoms. The van der Waals surface area contributed by atoms with E-state index in [0.717, 1.165) is 0 Å². The lowest BCUT2D eigenvalue weighted by Crippen LogP contribution is -2.43. The predicted octanol–water partition coefficient (Wildman–Crippen LogP) is -1.05. The number of ether oxygens (including phenoxy) is 2. The lowest BCUT2D eigenvalue weighted by atomic mass is 10.1. The molecule has 7 nitrogen and oxygen atoms in total. The monoisotopic (exact) mass is 314 g/mol. The highest BCUT2D eigenvalue weighted by atomic mass is 19.4. The molecule has 0 aromatic heterocycles. The van der Waals surface area contributed by atoms with Gasteiger partial charge in [-0.25, -0.2) is 0 Å². The first kappa shape index (κ1) is 17.7. The minimum atomic E-state index is -4.95. The normalized spacial score (nSPS) is 25.7. The van der Waals surface area contributed by atoms with Gasteiger partial charge in [0.15, 0.2) is 0 Å². The number of aliphatic hydroxyl groups excluding tert-OH is 1. The Labute approximate surface area is 118 Å². The molecule has 0 saturated carbocycles. The molecule has 1 rings (SSSR count). The van der Waals surface area contributed by atoms with Gasteiger partial charge in [-0.05, 0) is 0 Å². The van der Waals surface area contributed by atoms with Gasteiger partial charge >= 0.3 is 12.1 Å². The number of methoxy groups -OCH3 is 1. The maximum absolute atomic E-state index is 11.9. The van der Waals surface area contributed by atoms with Crippen molar-refractivity contribution in [2.45, 2.75) is 30.9 Å². The number of amides is 2. The molecule has 0 aromatic carbocycles. The van der Waals surface area contributed by atoms with E-state index in [2.05, 4.69) is 5.32 Å². The molecule has 3 N–H and O–H groups in total. The highest BCUT2D eigenvalue weighted by molar-refractivity contribution is 5.82. The zero-order chi connectivity index (χ0) is 16.0. The molecule has 3 atom stereocenters. The van der Waals surface area contributed by atoms with Gasteiger partial charge in [-0.15, -0.1) is 0 Å². The Morgan fingerprint density at radius 3 is 2.52 bits per heavy atom. The summed E-state index contributed by atoms with van der Waals surface area (Å²) in [6.07, 6.45) is -7.22. The number of alkyl halides is 3. The standard InChI is InChI=1S/C11H17F3N2O5/c1-20-5-8-6(17)4-7(21-8)9(18)15-2-3-16-10(19)11(12,13)14/h6-8,17H,2-5H2,1H3,(H,15,18)(H,16,19). The van der Waals surface area contributed by atoms with Gasteiger partial charge in [0, 0.05) is 26.6 Å². The van der Waals surface area contributed by atoms with E-state index in [0.29, 0.717) is 0 Å². The summed E-state index contributed by atoms with van der Waals surface area (Å²) in [5.74, 6) is -2.63. The Morgan fingerprint density at radius 2 is 1.95 bits per heavy atom. The third-order valence-electron chi connectivity index (χ3n) is 2.81. The van der Waals surface area contributed by atoms with E-state index in [1.165, 1.54) is 7.11 Å². The first-order chi connectivity index (χ1) is 9.75. The van der Waals surface area contributed by atoms with Gasteiger partial charge in [0.1, 0.15) is 12.2 Å². The fourth-order valence-corrected chi connectivity index (χ4v) is 1.79. The summed E-state index contributed by atoms with van der Waals surface area (Å²) in [7, 11) is 1.42. The molecule has 10 heteroatoms.